The van der Waals surface area contributed by atoms with Gasteiger partial charge in [0.1, 0.15) is 28.7 Å². The summed E-state index contributed by atoms with van der Waals surface area (Å²) in [6.07, 6.45) is 0. The second-order valence-electron chi connectivity index (χ2n) is 3.95. The van der Waals surface area contributed by atoms with Crippen LogP contribution in [0.25, 0.3) is 0 Å². The van der Waals surface area contributed by atoms with Crippen LogP contribution in [0.2, 0.25) is 0 Å². The van der Waals surface area contributed by atoms with Gasteiger partial charge in [0.2, 0.25) is 0 Å². The second-order valence-corrected chi connectivity index (χ2v) is 3.95. The van der Waals surface area contributed by atoms with Crippen molar-refractivity contribution in [3.05, 3.63) is 36.4 Å². The fourth-order valence-corrected chi connectivity index (χ4v) is 1.60. The van der Waals surface area contributed by atoms with Gasteiger partial charge >= 0.3 is 0 Å². The van der Waals surface area contributed by atoms with Crippen molar-refractivity contribution >= 4 is 11.4 Å². The van der Waals surface area contributed by atoms with E-state index in [1.54, 1.807) is 12.1 Å². The summed E-state index contributed by atoms with van der Waals surface area (Å²) >= 11 is 0. The van der Waals surface area contributed by atoms with Crippen molar-refractivity contribution < 1.29 is 19.7 Å². The zero-order valence-corrected chi connectivity index (χ0v) is 11.1. The molecule has 6 heteroatoms. The molecule has 104 valence electrons. The Morgan fingerprint density at radius 1 is 0.850 bits per heavy atom. The van der Waals surface area contributed by atoms with Gasteiger partial charge in [0.05, 0.1) is 19.9 Å². The van der Waals surface area contributed by atoms with Crippen molar-refractivity contribution in [3.8, 4) is 23.0 Å². The molecule has 0 spiro atoms. The average Bonchev–Trinajstić information content (AvgIpc) is 2.45. The molecule has 0 aliphatic rings. The first kappa shape index (κ1) is 13.7. The molecule has 2 N–H and O–H groups in total. The summed E-state index contributed by atoms with van der Waals surface area (Å²) in [5.74, 6) is 1.01. The maximum atomic E-state index is 9.52. The number of benzene rings is 2. The SMILES string of the molecule is COc1cc(O)cc(N=Nc2ccc(O)cc2OC)c1. The standard InChI is InChI=1S/C14H14N2O4/c1-19-12-6-9(5-11(18)7-12)15-16-13-4-3-10(17)8-14(13)20-2/h3-8,17-18H,1-2H3. The second kappa shape index (κ2) is 5.92. The zero-order chi connectivity index (χ0) is 14.5. The fraction of sp³-hybridized carbons (Fsp3) is 0.143. The van der Waals surface area contributed by atoms with E-state index in [-0.39, 0.29) is 11.5 Å². The Labute approximate surface area is 115 Å². The number of phenols is 2. The molecule has 2 aromatic rings. The molecule has 0 fully saturated rings. The van der Waals surface area contributed by atoms with E-state index in [0.717, 1.165) is 0 Å². The van der Waals surface area contributed by atoms with Gasteiger partial charge in [-0.1, -0.05) is 0 Å². The topological polar surface area (TPSA) is 83.6 Å². The first-order valence-corrected chi connectivity index (χ1v) is 5.79. The molecule has 0 amide bonds. The number of ether oxygens (including phenoxy) is 2. The third-order valence-electron chi connectivity index (χ3n) is 2.55. The fourth-order valence-electron chi connectivity index (χ4n) is 1.60. The number of methoxy groups -OCH3 is 2. The Bertz CT molecular complexity index is 641. The molecular formula is C14H14N2O4. The molecule has 0 heterocycles. The van der Waals surface area contributed by atoms with Gasteiger partial charge in [-0.3, -0.25) is 0 Å². The Kier molecular flexibility index (Phi) is 4.05. The summed E-state index contributed by atoms with van der Waals surface area (Å²) < 4.78 is 10.1. The molecule has 0 saturated carbocycles. The number of hydrogen-bond donors (Lipinski definition) is 2. The number of aromatic hydroxyl groups is 2. The smallest absolute Gasteiger partial charge is 0.150 e. The van der Waals surface area contributed by atoms with Crippen LogP contribution >= 0.6 is 0 Å². The van der Waals surface area contributed by atoms with Crippen LogP contribution in [0.3, 0.4) is 0 Å². The predicted molar refractivity (Wildman–Crippen MR) is 73.5 cm³/mol. The highest BCUT2D eigenvalue weighted by Gasteiger charge is 2.04. The summed E-state index contributed by atoms with van der Waals surface area (Å²) in [5, 5.41) is 26.9. The summed E-state index contributed by atoms with van der Waals surface area (Å²) in [4.78, 5) is 0. The lowest BCUT2D eigenvalue weighted by atomic mass is 10.3. The third-order valence-corrected chi connectivity index (χ3v) is 2.55. The van der Waals surface area contributed by atoms with Gasteiger partial charge in [0, 0.05) is 24.3 Å². The van der Waals surface area contributed by atoms with Gasteiger partial charge < -0.3 is 19.7 Å². The number of phenolic OH excluding ortho intramolecular Hbond substituents is 2. The normalized spacial score (nSPS) is 10.7. The molecular weight excluding hydrogens is 260 g/mol. The Morgan fingerprint density at radius 2 is 1.65 bits per heavy atom. The molecule has 0 saturated heterocycles. The van der Waals surface area contributed by atoms with Crippen LogP contribution in [-0.4, -0.2) is 24.4 Å². The maximum Gasteiger partial charge on any atom is 0.150 e. The minimum Gasteiger partial charge on any atom is -0.508 e. The van der Waals surface area contributed by atoms with Gasteiger partial charge in [-0.2, -0.15) is 5.11 Å². The van der Waals surface area contributed by atoms with Crippen LogP contribution in [0.5, 0.6) is 23.0 Å². The molecule has 20 heavy (non-hydrogen) atoms. The van der Waals surface area contributed by atoms with E-state index >= 15 is 0 Å². The number of rotatable bonds is 4. The summed E-state index contributed by atoms with van der Waals surface area (Å²) in [6.45, 7) is 0. The van der Waals surface area contributed by atoms with E-state index in [4.69, 9.17) is 9.47 Å². The zero-order valence-electron chi connectivity index (χ0n) is 11.1. The van der Waals surface area contributed by atoms with E-state index in [2.05, 4.69) is 10.2 Å². The van der Waals surface area contributed by atoms with Crippen LogP contribution in [0.1, 0.15) is 0 Å². The van der Waals surface area contributed by atoms with Crippen molar-refractivity contribution in [1.29, 1.82) is 0 Å². The molecule has 0 aliphatic carbocycles. The van der Waals surface area contributed by atoms with E-state index in [0.29, 0.717) is 22.9 Å². The molecule has 0 radical (unpaired) electrons. The first-order valence-electron chi connectivity index (χ1n) is 5.79. The Balaban J connectivity index is 2.31. The maximum absolute atomic E-state index is 9.52. The Hall–Kier alpha value is -2.76. The van der Waals surface area contributed by atoms with Crippen LogP contribution in [0.15, 0.2) is 46.6 Å². The van der Waals surface area contributed by atoms with E-state index < -0.39 is 0 Å². The van der Waals surface area contributed by atoms with Crippen LogP contribution in [0.4, 0.5) is 11.4 Å². The first-order chi connectivity index (χ1) is 9.62. The minimum atomic E-state index is 0.0379. The molecule has 0 aromatic heterocycles. The lowest BCUT2D eigenvalue weighted by molar-refractivity contribution is 0.408. The number of nitrogens with zero attached hydrogens (tertiary/aromatic N) is 2. The monoisotopic (exact) mass is 274 g/mol. The highest BCUT2D eigenvalue weighted by molar-refractivity contribution is 5.55. The van der Waals surface area contributed by atoms with Crippen LogP contribution < -0.4 is 9.47 Å². The molecule has 6 nitrogen and oxygen atoms in total. The van der Waals surface area contributed by atoms with Crippen molar-refractivity contribution in [2.45, 2.75) is 0 Å². The van der Waals surface area contributed by atoms with E-state index in [1.807, 2.05) is 0 Å². The van der Waals surface area contributed by atoms with Gasteiger partial charge in [0.15, 0.2) is 0 Å². The van der Waals surface area contributed by atoms with Gasteiger partial charge in [-0.05, 0) is 12.1 Å². The molecule has 2 rings (SSSR count). The molecule has 0 bridgehead atoms. The molecule has 0 aliphatic heterocycles. The lowest BCUT2D eigenvalue weighted by Crippen LogP contribution is -1.83. The predicted octanol–water partition coefficient (Wildman–Crippen LogP) is 3.53. The minimum absolute atomic E-state index is 0.0379. The van der Waals surface area contributed by atoms with Crippen molar-refractivity contribution in [2.24, 2.45) is 10.2 Å². The van der Waals surface area contributed by atoms with Crippen LogP contribution in [-0.2, 0) is 0 Å². The quantitative estimate of drug-likeness (QED) is 0.835. The highest BCUT2D eigenvalue weighted by Crippen LogP contribution is 2.33. The van der Waals surface area contributed by atoms with Crippen molar-refractivity contribution in [2.75, 3.05) is 14.2 Å². The van der Waals surface area contributed by atoms with Crippen molar-refractivity contribution in [1.82, 2.24) is 0 Å². The van der Waals surface area contributed by atoms with Crippen LogP contribution in [0, 0.1) is 0 Å². The van der Waals surface area contributed by atoms with E-state index in [9.17, 15) is 10.2 Å². The lowest BCUT2D eigenvalue weighted by Gasteiger charge is -2.04. The molecule has 0 atom stereocenters. The average molecular weight is 274 g/mol. The summed E-state index contributed by atoms with van der Waals surface area (Å²) in [5.41, 5.74) is 0.907. The largest absolute Gasteiger partial charge is 0.508 e. The highest BCUT2D eigenvalue weighted by atomic mass is 16.5. The number of azo groups is 1. The number of hydrogen-bond acceptors (Lipinski definition) is 6. The van der Waals surface area contributed by atoms with Crippen molar-refractivity contribution in [3.63, 3.8) is 0 Å². The van der Waals surface area contributed by atoms with Gasteiger partial charge in [0.25, 0.3) is 0 Å². The Morgan fingerprint density at radius 3 is 2.35 bits per heavy atom. The molecule has 0 unspecified atom stereocenters. The van der Waals surface area contributed by atoms with Gasteiger partial charge in [-0.15, -0.1) is 5.11 Å². The molecule has 2 aromatic carbocycles. The van der Waals surface area contributed by atoms with Gasteiger partial charge in [-0.25, -0.2) is 0 Å². The summed E-state index contributed by atoms with van der Waals surface area (Å²) in [6, 6.07) is 9.07. The third kappa shape index (κ3) is 3.17. The summed E-state index contributed by atoms with van der Waals surface area (Å²) in [7, 11) is 2.98. The van der Waals surface area contributed by atoms with E-state index in [1.165, 1.54) is 38.5 Å².